The second-order valence-electron chi connectivity index (χ2n) is 6.70. The third-order valence-electron chi connectivity index (χ3n) is 3.82. The topological polar surface area (TPSA) is 129 Å². The van der Waals surface area contributed by atoms with Gasteiger partial charge >= 0.3 is 34.0 Å². The number of rotatable bonds is 3. The number of nitrogens with zero attached hydrogens (tertiary/aromatic N) is 5. The van der Waals surface area contributed by atoms with E-state index in [0.717, 1.165) is 34.4 Å². The van der Waals surface area contributed by atoms with Crippen LogP contribution in [0.15, 0.2) is 91.8 Å². The van der Waals surface area contributed by atoms with E-state index in [2.05, 4.69) is 34.9 Å². The Kier molecular flexibility index (Phi) is 15.8. The summed E-state index contributed by atoms with van der Waals surface area (Å²) in [5.41, 5.74) is 3.46. The third-order valence-corrected chi connectivity index (χ3v) is 3.82. The van der Waals surface area contributed by atoms with E-state index in [9.17, 15) is 34.5 Å². The summed E-state index contributed by atoms with van der Waals surface area (Å²) >= 11 is 0. The van der Waals surface area contributed by atoms with Crippen molar-refractivity contribution < 1.29 is 59.5 Å². The number of halogens is 8. The molecule has 5 heterocycles. The summed E-state index contributed by atoms with van der Waals surface area (Å²) in [6.07, 6.45) is 10.4. The minimum absolute atomic E-state index is 0. The molecular formula is C21H20B2F8N7ORu+. The van der Waals surface area contributed by atoms with Gasteiger partial charge in [-0.2, -0.15) is 0 Å². The van der Waals surface area contributed by atoms with Crippen LogP contribution in [0, 0.1) is 0 Å². The molecule has 0 aromatic carbocycles. The van der Waals surface area contributed by atoms with Gasteiger partial charge in [0.05, 0.1) is 22.8 Å². The second-order valence-corrected chi connectivity index (χ2v) is 6.70. The van der Waals surface area contributed by atoms with Gasteiger partial charge in [0.15, 0.2) is 11.6 Å². The van der Waals surface area contributed by atoms with Gasteiger partial charge in [-0.05, 0) is 36.4 Å². The number of imidazole rings is 2. The maximum Gasteiger partial charge on any atom is 2.00 e. The van der Waals surface area contributed by atoms with Crippen LogP contribution in [0.5, 0.6) is 0 Å². The van der Waals surface area contributed by atoms with Crippen molar-refractivity contribution in [3.63, 3.8) is 0 Å². The number of aromatic amines is 2. The molecule has 0 saturated heterocycles. The third kappa shape index (κ3) is 16.1. The predicted octanol–water partition coefficient (Wildman–Crippen LogP) is 5.68. The molecule has 0 aliphatic carbocycles. The van der Waals surface area contributed by atoms with Gasteiger partial charge in [0.2, 0.25) is 0 Å². The zero-order chi connectivity index (χ0) is 28.0. The van der Waals surface area contributed by atoms with E-state index < -0.39 is 14.5 Å². The molecule has 0 radical (unpaired) electrons. The van der Waals surface area contributed by atoms with Crippen molar-refractivity contribution in [1.29, 1.82) is 0 Å². The minimum Gasteiger partial charge on any atom is -0.457 e. The number of aromatic nitrogens is 7. The minimum atomic E-state index is -6.00. The van der Waals surface area contributed by atoms with E-state index in [-0.39, 0.29) is 25.0 Å². The Morgan fingerprint density at radius 1 is 0.475 bits per heavy atom. The molecule has 0 aliphatic rings. The molecule has 8 nitrogen and oxygen atoms in total. The van der Waals surface area contributed by atoms with Crippen molar-refractivity contribution in [3.8, 4) is 34.4 Å². The fourth-order valence-corrected chi connectivity index (χ4v) is 2.54. The summed E-state index contributed by atoms with van der Waals surface area (Å²) in [4.78, 5) is 27.1. The first-order valence-electron chi connectivity index (χ1n) is 10.4. The van der Waals surface area contributed by atoms with E-state index >= 15 is 0 Å². The Morgan fingerprint density at radius 2 is 0.825 bits per heavy atom. The van der Waals surface area contributed by atoms with Crippen molar-refractivity contribution in [1.82, 2.24) is 34.9 Å². The van der Waals surface area contributed by atoms with Gasteiger partial charge in [-0.3, -0.25) is 9.97 Å². The first-order chi connectivity index (χ1) is 17.9. The van der Waals surface area contributed by atoms with E-state index in [1.807, 2.05) is 54.6 Å². The molecule has 40 heavy (non-hydrogen) atoms. The summed E-state index contributed by atoms with van der Waals surface area (Å²) in [7, 11) is -12.0. The van der Waals surface area contributed by atoms with E-state index in [0.29, 0.717) is 0 Å². The molecule has 0 fully saturated rings. The first-order valence-corrected chi connectivity index (χ1v) is 10.4. The molecule has 5 aromatic heterocycles. The van der Waals surface area contributed by atoms with Crippen LogP contribution >= 0.6 is 0 Å². The van der Waals surface area contributed by atoms with Crippen LogP contribution < -0.4 is 0 Å². The molecule has 0 saturated carbocycles. The van der Waals surface area contributed by atoms with Crippen LogP contribution in [0.4, 0.5) is 34.5 Å². The summed E-state index contributed by atoms with van der Waals surface area (Å²) in [6, 6.07) is 17.5. The molecule has 19 heteroatoms. The van der Waals surface area contributed by atoms with Crippen LogP contribution in [0.1, 0.15) is 0 Å². The van der Waals surface area contributed by atoms with E-state index in [1.165, 1.54) is 0 Å². The van der Waals surface area contributed by atoms with Gasteiger partial charge in [-0.15, -0.1) is 0 Å². The van der Waals surface area contributed by atoms with Crippen LogP contribution in [0.3, 0.4) is 0 Å². The van der Waals surface area contributed by atoms with Crippen molar-refractivity contribution >= 4 is 14.5 Å². The van der Waals surface area contributed by atoms with Gasteiger partial charge in [-0.1, -0.05) is 18.2 Å². The Balaban J connectivity index is 0.000000587. The zero-order valence-electron chi connectivity index (χ0n) is 20.0. The van der Waals surface area contributed by atoms with Crippen LogP contribution in [0.25, 0.3) is 34.4 Å². The first kappa shape index (κ1) is 36.0. The number of hydrogen-bond donors (Lipinski definition) is 2. The maximum absolute atomic E-state index is 9.75. The Bertz CT molecular complexity index is 1210. The van der Waals surface area contributed by atoms with E-state index in [4.69, 9.17) is 0 Å². The van der Waals surface area contributed by atoms with Crippen molar-refractivity contribution in [2.75, 3.05) is 0 Å². The Hall–Kier alpha value is -3.98. The fourth-order valence-electron chi connectivity index (χ4n) is 2.54. The summed E-state index contributed by atoms with van der Waals surface area (Å²) in [6.45, 7) is 0. The molecule has 0 aliphatic heterocycles. The predicted molar refractivity (Wildman–Crippen MR) is 132 cm³/mol. The van der Waals surface area contributed by atoms with Crippen LogP contribution in [0.2, 0.25) is 0 Å². The summed E-state index contributed by atoms with van der Waals surface area (Å²) in [5.74, 6) is 1.54. The monoisotopic (exact) mass is 662 g/mol. The number of H-pyrrole nitrogens is 2. The average molecular weight is 661 g/mol. The van der Waals surface area contributed by atoms with Crippen LogP contribution in [-0.2, 0) is 25.0 Å². The molecule has 5 N–H and O–H groups in total. The normalized spacial score (nSPS) is 10.1. The summed E-state index contributed by atoms with van der Waals surface area (Å²) < 4.78 is 78.0. The summed E-state index contributed by atoms with van der Waals surface area (Å²) in [5, 5.41) is 0. The van der Waals surface area contributed by atoms with Gasteiger partial charge in [0.1, 0.15) is 0 Å². The molecular weight excluding hydrogens is 641 g/mol. The van der Waals surface area contributed by atoms with Crippen molar-refractivity contribution in [3.05, 3.63) is 91.8 Å². The number of nitrogens with one attached hydrogen (secondary N) is 2. The van der Waals surface area contributed by atoms with Gasteiger partial charge in [0.25, 0.3) is 0 Å². The Morgan fingerprint density at radius 3 is 1.10 bits per heavy atom. The molecule has 214 valence electrons. The molecule has 0 bridgehead atoms. The standard InChI is InChI=1S/C15H11N3.C6H6N4.2BF4.H2O.Ru/c1-3-10-16-12(6-1)14-8-5-9-15(18-14)13-7-2-4-11-17-13;1-2-8-5(7-1)6-9-3-4-10-6;2*2-1(3,4)5;;/h1-11H;1-4H,(H,7,8)(H,9,10);;;1H2;/q;;2*-1;;+2/p+1. The molecule has 0 spiro atoms. The molecule has 5 rings (SSSR count). The smallest absolute Gasteiger partial charge is 0.457 e. The number of pyridine rings is 3. The quantitative estimate of drug-likeness (QED) is 0.146. The van der Waals surface area contributed by atoms with Crippen LogP contribution in [-0.4, -0.2) is 49.4 Å². The number of hydrogen-bond acceptors (Lipinski definition) is 5. The molecule has 0 atom stereocenters. The average Bonchev–Trinajstić information content (AvgIpc) is 3.58. The van der Waals surface area contributed by atoms with Gasteiger partial charge in [-0.25, -0.2) is 15.0 Å². The largest absolute Gasteiger partial charge is 2.00 e. The maximum atomic E-state index is 9.75. The van der Waals surface area contributed by atoms with E-state index in [1.54, 1.807) is 37.2 Å². The molecule has 0 unspecified atom stereocenters. The molecule has 5 aromatic rings. The zero-order valence-corrected chi connectivity index (χ0v) is 21.7. The van der Waals surface area contributed by atoms with Gasteiger partial charge < -0.3 is 50.0 Å². The Labute approximate surface area is 235 Å². The van der Waals surface area contributed by atoms with Gasteiger partial charge in [0, 0.05) is 37.2 Å². The SMILES string of the molecule is F[B-](F)(F)F.F[B-](F)(F)F.[OH3+].[Ru+2].c1c[nH]c(-c2ncc[nH]2)n1.c1ccc(-c2cccc(-c3ccccn3)n2)nc1. The molecule has 0 amide bonds. The fraction of sp³-hybridized carbons (Fsp3) is 0. The van der Waals surface area contributed by atoms with Crippen molar-refractivity contribution in [2.24, 2.45) is 0 Å². The van der Waals surface area contributed by atoms with Crippen molar-refractivity contribution in [2.45, 2.75) is 0 Å². The second kappa shape index (κ2) is 17.6.